The third-order valence-electron chi connectivity index (χ3n) is 0.603. The smallest absolute Gasteiger partial charge is 0.150 e. The molecule has 0 saturated carbocycles. The fraction of sp³-hybridized carbons (Fsp3) is 1.00. The second kappa shape index (κ2) is 5.38. The highest BCUT2D eigenvalue weighted by atomic mass is 35.7. The molecule has 0 aromatic rings. The van der Waals surface area contributed by atoms with Gasteiger partial charge < -0.3 is 0 Å². The van der Waals surface area contributed by atoms with Crippen molar-refractivity contribution in [1.82, 2.24) is 0 Å². The first-order valence-electron chi connectivity index (χ1n) is 2.19. The Balaban J connectivity index is 2.93. The largest absolute Gasteiger partial charge is 0.236 e. The van der Waals surface area contributed by atoms with Crippen LogP contribution in [0.3, 0.4) is 0 Å². The molecule has 0 aliphatic rings. The monoisotopic (exact) mass is 226 g/mol. The summed E-state index contributed by atoms with van der Waals surface area (Å²) < 4.78 is 0. The lowest BCUT2D eigenvalue weighted by molar-refractivity contribution is 1.43. The summed E-state index contributed by atoms with van der Waals surface area (Å²) in [6, 6.07) is 1.71. The van der Waals surface area contributed by atoms with Gasteiger partial charge in [0.25, 0.3) is 0 Å². The van der Waals surface area contributed by atoms with E-state index in [1.165, 1.54) is 0 Å². The van der Waals surface area contributed by atoms with E-state index >= 15 is 0 Å². The van der Waals surface area contributed by atoms with Gasteiger partial charge in [0.2, 0.25) is 14.8 Å². The first-order chi connectivity index (χ1) is 3.63. The predicted molar refractivity (Wildman–Crippen MR) is 47.3 cm³/mol. The maximum absolute atomic E-state index is 5.53. The Hall–Kier alpha value is 1.59. The van der Waals surface area contributed by atoms with Crippen LogP contribution in [0, 0.1) is 0 Å². The van der Waals surface area contributed by atoms with E-state index in [2.05, 4.69) is 0 Å². The topological polar surface area (TPSA) is 0 Å². The molecule has 0 spiro atoms. The molecule has 0 amide bonds. The third kappa shape index (κ3) is 7.59. The van der Waals surface area contributed by atoms with Crippen molar-refractivity contribution in [3.63, 3.8) is 0 Å². The minimum atomic E-state index is -1.42. The van der Waals surface area contributed by atoms with Gasteiger partial charge in [0.1, 0.15) is 0 Å². The Bertz CT molecular complexity index is 48.0. The number of hydrogen-bond donors (Lipinski definition) is 0. The summed E-state index contributed by atoms with van der Waals surface area (Å²) in [5.74, 6) is 0. The fourth-order valence-electron chi connectivity index (χ4n) is 0.252. The second-order valence-corrected chi connectivity index (χ2v) is 11.7. The molecule has 0 saturated heterocycles. The lowest BCUT2D eigenvalue weighted by atomic mass is 11.0. The zero-order valence-corrected chi connectivity index (χ0v) is 9.41. The van der Waals surface area contributed by atoms with Crippen LogP contribution in [0.2, 0.25) is 12.1 Å². The SMILES string of the molecule is Cl[SiH](Cl)CC[SiH](Cl)Cl. The van der Waals surface area contributed by atoms with E-state index in [0.29, 0.717) is 0 Å². The van der Waals surface area contributed by atoms with Crippen molar-refractivity contribution in [2.75, 3.05) is 0 Å². The molecule has 0 rings (SSSR count). The Morgan fingerprint density at radius 1 is 0.750 bits per heavy atom. The lowest BCUT2D eigenvalue weighted by Crippen LogP contribution is -1.97. The van der Waals surface area contributed by atoms with Gasteiger partial charge in [-0.05, 0) is 12.1 Å². The van der Waals surface area contributed by atoms with E-state index in [1.54, 1.807) is 0 Å². The van der Waals surface area contributed by atoms with Crippen LogP contribution in [0.25, 0.3) is 0 Å². The van der Waals surface area contributed by atoms with Crippen LogP contribution in [0.4, 0.5) is 0 Å². The number of rotatable bonds is 3. The zero-order chi connectivity index (χ0) is 6.57. The fourth-order valence-corrected chi connectivity index (χ4v) is 6.80. The highest BCUT2D eigenvalue weighted by molar-refractivity contribution is 7.36. The molecule has 0 nitrogen and oxygen atoms in total. The Morgan fingerprint density at radius 2 is 1.00 bits per heavy atom. The maximum atomic E-state index is 5.53. The van der Waals surface area contributed by atoms with Crippen molar-refractivity contribution in [3.05, 3.63) is 0 Å². The Morgan fingerprint density at radius 3 is 1.12 bits per heavy atom. The molecule has 0 fully saturated rings. The van der Waals surface area contributed by atoms with Crippen molar-refractivity contribution in [2.24, 2.45) is 0 Å². The summed E-state index contributed by atoms with van der Waals surface area (Å²) in [5, 5.41) is 0. The highest BCUT2D eigenvalue weighted by Crippen LogP contribution is 2.13. The van der Waals surface area contributed by atoms with Gasteiger partial charge in [-0.15, -0.1) is 0 Å². The van der Waals surface area contributed by atoms with E-state index < -0.39 is 14.8 Å². The molecule has 0 aliphatic heterocycles. The van der Waals surface area contributed by atoms with Crippen LogP contribution in [0.5, 0.6) is 0 Å². The van der Waals surface area contributed by atoms with Crippen LogP contribution >= 0.6 is 44.3 Å². The zero-order valence-electron chi connectivity index (χ0n) is 4.08. The number of halogens is 4. The molecule has 0 heterocycles. The van der Waals surface area contributed by atoms with Gasteiger partial charge >= 0.3 is 0 Å². The third-order valence-corrected chi connectivity index (χ3v) is 5.43. The summed E-state index contributed by atoms with van der Waals surface area (Å²) in [7, 11) is -2.83. The Labute approximate surface area is 71.1 Å². The molecule has 8 heavy (non-hydrogen) atoms. The lowest BCUT2D eigenvalue weighted by Gasteiger charge is -1.95. The predicted octanol–water partition coefficient (Wildman–Crippen LogP) is 2.38. The highest BCUT2D eigenvalue weighted by Gasteiger charge is 2.06. The second-order valence-electron chi connectivity index (χ2n) is 1.36. The average molecular weight is 228 g/mol. The number of hydrogen-bond acceptors (Lipinski definition) is 0. The van der Waals surface area contributed by atoms with E-state index in [9.17, 15) is 0 Å². The van der Waals surface area contributed by atoms with Crippen LogP contribution in [0.15, 0.2) is 0 Å². The van der Waals surface area contributed by atoms with Crippen LogP contribution in [0.1, 0.15) is 0 Å². The van der Waals surface area contributed by atoms with Crippen LogP contribution in [-0.2, 0) is 0 Å². The van der Waals surface area contributed by atoms with Crippen LogP contribution < -0.4 is 0 Å². The molecule has 6 heteroatoms. The molecule has 0 unspecified atom stereocenters. The summed E-state index contributed by atoms with van der Waals surface area (Å²) in [6.07, 6.45) is 0. The molecule has 0 radical (unpaired) electrons. The van der Waals surface area contributed by atoms with E-state index in [4.69, 9.17) is 44.3 Å². The quantitative estimate of drug-likeness (QED) is 0.513. The molecule has 0 aromatic heterocycles. The van der Waals surface area contributed by atoms with E-state index in [1.807, 2.05) is 0 Å². The van der Waals surface area contributed by atoms with Gasteiger partial charge in [0.15, 0.2) is 0 Å². The minimum Gasteiger partial charge on any atom is -0.150 e. The van der Waals surface area contributed by atoms with Crippen molar-refractivity contribution in [1.29, 1.82) is 0 Å². The van der Waals surface area contributed by atoms with Gasteiger partial charge in [0.05, 0.1) is 0 Å². The molecule has 0 atom stereocenters. The maximum Gasteiger partial charge on any atom is 0.236 e. The standard InChI is InChI=1S/C2H6Cl4Si2/c3-7(4)1-2-8(5)6/h7-8H,1-2H2. The van der Waals surface area contributed by atoms with E-state index in [0.717, 1.165) is 12.1 Å². The van der Waals surface area contributed by atoms with Crippen LogP contribution in [-0.4, -0.2) is 14.8 Å². The summed E-state index contributed by atoms with van der Waals surface area (Å²) in [5.41, 5.74) is 0. The molecule has 0 aliphatic carbocycles. The summed E-state index contributed by atoms with van der Waals surface area (Å²) in [6.45, 7) is 0. The van der Waals surface area contributed by atoms with Crippen molar-refractivity contribution in [3.8, 4) is 0 Å². The van der Waals surface area contributed by atoms with Gasteiger partial charge in [-0.1, -0.05) is 0 Å². The molecule has 50 valence electrons. The molecular weight excluding hydrogens is 222 g/mol. The van der Waals surface area contributed by atoms with Gasteiger partial charge in [-0.2, -0.15) is 44.3 Å². The van der Waals surface area contributed by atoms with E-state index in [-0.39, 0.29) is 0 Å². The molecule has 0 bridgehead atoms. The molecule has 0 aromatic carbocycles. The molecule has 0 N–H and O–H groups in total. The normalized spacial score (nSPS) is 11.2. The first-order valence-corrected chi connectivity index (χ1v) is 10.8. The first kappa shape index (κ1) is 9.59. The van der Waals surface area contributed by atoms with Gasteiger partial charge in [-0.25, -0.2) is 0 Å². The Kier molecular flexibility index (Phi) is 6.46. The van der Waals surface area contributed by atoms with Crippen molar-refractivity contribution < 1.29 is 0 Å². The van der Waals surface area contributed by atoms with Crippen molar-refractivity contribution in [2.45, 2.75) is 12.1 Å². The summed E-state index contributed by atoms with van der Waals surface area (Å²) >= 11 is 22.1. The average Bonchev–Trinajstić information content (AvgIpc) is 1.61. The minimum absolute atomic E-state index is 0.854. The van der Waals surface area contributed by atoms with Gasteiger partial charge in [0, 0.05) is 0 Å². The molecular formula is C2H6Cl4Si2. The summed E-state index contributed by atoms with van der Waals surface area (Å²) in [4.78, 5) is 0. The van der Waals surface area contributed by atoms with Crippen molar-refractivity contribution >= 4 is 59.1 Å². The van der Waals surface area contributed by atoms with Gasteiger partial charge in [-0.3, -0.25) is 0 Å².